The summed E-state index contributed by atoms with van der Waals surface area (Å²) in [6.45, 7) is 0.321. The molecule has 0 aromatic carbocycles. The third kappa shape index (κ3) is 3.23. The van der Waals surface area contributed by atoms with Crippen molar-refractivity contribution < 1.29 is 19.0 Å². The van der Waals surface area contributed by atoms with Crippen LogP contribution in [0.3, 0.4) is 0 Å². The third-order valence-corrected chi connectivity index (χ3v) is 2.26. The maximum Gasteiger partial charge on any atom is 0.267 e. The van der Waals surface area contributed by atoms with Crippen molar-refractivity contribution in [2.24, 2.45) is 5.73 Å². The Labute approximate surface area is 99.7 Å². The average molecular weight is 240 g/mol. The second-order valence-corrected chi connectivity index (χ2v) is 3.37. The Hall–Kier alpha value is -1.50. The summed E-state index contributed by atoms with van der Waals surface area (Å²) in [7, 11) is 4.60. The molecule has 0 unspecified atom stereocenters. The Morgan fingerprint density at radius 1 is 1.41 bits per heavy atom. The number of pyridine rings is 1. The van der Waals surface area contributed by atoms with E-state index in [4.69, 9.17) is 19.9 Å². The van der Waals surface area contributed by atoms with E-state index in [1.165, 1.54) is 20.4 Å². The van der Waals surface area contributed by atoms with Crippen LogP contribution < -0.4 is 5.73 Å². The molecule has 0 aliphatic carbocycles. The summed E-state index contributed by atoms with van der Waals surface area (Å²) in [6, 6.07) is 1.58. The van der Waals surface area contributed by atoms with Crippen molar-refractivity contribution in [2.75, 3.05) is 21.3 Å². The summed E-state index contributed by atoms with van der Waals surface area (Å²) in [5.74, 6) is -0.583. The van der Waals surface area contributed by atoms with E-state index in [0.717, 1.165) is 5.56 Å². The minimum Gasteiger partial charge on any atom is -0.380 e. The molecule has 0 radical (unpaired) electrons. The Balaban J connectivity index is 3.15. The highest BCUT2D eigenvalue weighted by atomic mass is 16.7. The molecule has 0 bridgehead atoms. The maximum atomic E-state index is 11.0. The van der Waals surface area contributed by atoms with Crippen LogP contribution in [0.15, 0.2) is 12.3 Å². The van der Waals surface area contributed by atoms with Gasteiger partial charge in [0.25, 0.3) is 5.91 Å². The first kappa shape index (κ1) is 13.6. The first-order valence-corrected chi connectivity index (χ1v) is 4.97. The molecule has 1 rings (SSSR count). The number of hydrogen-bond acceptors (Lipinski definition) is 5. The highest BCUT2D eigenvalue weighted by molar-refractivity contribution is 5.90. The number of nitrogens with two attached hydrogens (primary N) is 1. The monoisotopic (exact) mass is 240 g/mol. The zero-order chi connectivity index (χ0) is 12.8. The molecule has 0 atom stereocenters. The Bertz CT molecular complexity index is 391. The van der Waals surface area contributed by atoms with Crippen LogP contribution in [0.5, 0.6) is 0 Å². The molecule has 94 valence electrons. The van der Waals surface area contributed by atoms with Gasteiger partial charge in [0.1, 0.15) is 5.69 Å². The van der Waals surface area contributed by atoms with Gasteiger partial charge in [0, 0.05) is 33.1 Å². The van der Waals surface area contributed by atoms with Crippen LogP contribution in [0, 0.1) is 0 Å². The number of aromatic nitrogens is 1. The second kappa shape index (κ2) is 6.29. The zero-order valence-electron chi connectivity index (χ0n) is 10.1. The van der Waals surface area contributed by atoms with Crippen LogP contribution in [0.25, 0.3) is 0 Å². The fourth-order valence-electron chi connectivity index (χ4n) is 1.49. The van der Waals surface area contributed by atoms with Crippen molar-refractivity contribution in [3.05, 3.63) is 29.1 Å². The lowest BCUT2D eigenvalue weighted by Crippen LogP contribution is -2.16. The predicted octanol–water partition coefficient (Wildman–Crippen LogP) is 0.618. The highest BCUT2D eigenvalue weighted by Gasteiger charge is 2.16. The van der Waals surface area contributed by atoms with Crippen LogP contribution >= 0.6 is 0 Å². The van der Waals surface area contributed by atoms with Gasteiger partial charge in [-0.05, 0) is 11.6 Å². The van der Waals surface area contributed by atoms with E-state index in [1.807, 2.05) is 0 Å². The number of carbonyl (C=O) groups is 1. The molecule has 0 aliphatic rings. The van der Waals surface area contributed by atoms with E-state index < -0.39 is 12.2 Å². The van der Waals surface area contributed by atoms with Gasteiger partial charge in [0.05, 0.1) is 6.61 Å². The average Bonchev–Trinajstić information content (AvgIpc) is 2.32. The molecule has 17 heavy (non-hydrogen) atoms. The lowest BCUT2D eigenvalue weighted by atomic mass is 10.1. The van der Waals surface area contributed by atoms with E-state index in [-0.39, 0.29) is 5.69 Å². The summed E-state index contributed by atoms with van der Waals surface area (Å²) in [6.07, 6.45) is 0.959. The number of ether oxygens (including phenoxy) is 3. The standard InChI is InChI=1S/C11H16N2O4/c1-15-6-7-4-9(10(12)14)13-5-8(7)11(16-2)17-3/h4-5,11H,6H2,1-3H3,(H2,12,14). The molecule has 1 aromatic heterocycles. The van der Waals surface area contributed by atoms with Gasteiger partial charge in [-0.25, -0.2) is 0 Å². The molecule has 0 fully saturated rings. The number of rotatable bonds is 6. The predicted molar refractivity (Wildman–Crippen MR) is 60.2 cm³/mol. The summed E-state index contributed by atoms with van der Waals surface area (Å²) in [5.41, 5.74) is 6.82. The van der Waals surface area contributed by atoms with Gasteiger partial charge in [0.2, 0.25) is 0 Å². The molecule has 0 saturated heterocycles. The van der Waals surface area contributed by atoms with Gasteiger partial charge in [-0.1, -0.05) is 0 Å². The first-order chi connectivity index (χ1) is 8.13. The van der Waals surface area contributed by atoms with Crippen LogP contribution in [-0.4, -0.2) is 32.2 Å². The largest absolute Gasteiger partial charge is 0.380 e. The molecule has 6 heteroatoms. The van der Waals surface area contributed by atoms with Gasteiger partial charge in [-0.3, -0.25) is 9.78 Å². The SMILES string of the molecule is COCc1cc(C(N)=O)ncc1C(OC)OC. The smallest absolute Gasteiger partial charge is 0.267 e. The van der Waals surface area contributed by atoms with Crippen LogP contribution in [0.1, 0.15) is 27.9 Å². The number of hydrogen-bond donors (Lipinski definition) is 1. The number of nitrogens with zero attached hydrogens (tertiary/aromatic N) is 1. The van der Waals surface area contributed by atoms with Gasteiger partial charge >= 0.3 is 0 Å². The third-order valence-electron chi connectivity index (χ3n) is 2.26. The van der Waals surface area contributed by atoms with Gasteiger partial charge in [-0.15, -0.1) is 0 Å². The molecule has 2 N–H and O–H groups in total. The number of amides is 1. The Morgan fingerprint density at radius 2 is 2.06 bits per heavy atom. The molecule has 0 aliphatic heterocycles. The highest BCUT2D eigenvalue weighted by Crippen LogP contribution is 2.22. The van der Waals surface area contributed by atoms with Gasteiger partial charge in [0.15, 0.2) is 6.29 Å². The fraction of sp³-hybridized carbons (Fsp3) is 0.455. The zero-order valence-corrected chi connectivity index (χ0v) is 10.1. The summed E-state index contributed by atoms with van der Waals surface area (Å²) < 4.78 is 15.3. The minimum absolute atomic E-state index is 0.187. The molecule has 0 spiro atoms. The normalized spacial score (nSPS) is 10.8. The summed E-state index contributed by atoms with van der Waals surface area (Å²) >= 11 is 0. The van der Waals surface area contributed by atoms with Crippen molar-refractivity contribution in [3.63, 3.8) is 0 Å². The number of primary amides is 1. The van der Waals surface area contributed by atoms with E-state index in [2.05, 4.69) is 4.98 Å². The molecular weight excluding hydrogens is 224 g/mol. The molecule has 1 amide bonds. The van der Waals surface area contributed by atoms with Crippen molar-refractivity contribution >= 4 is 5.91 Å². The second-order valence-electron chi connectivity index (χ2n) is 3.37. The van der Waals surface area contributed by atoms with Gasteiger partial charge in [-0.2, -0.15) is 0 Å². The summed E-state index contributed by atoms with van der Waals surface area (Å²) in [5, 5.41) is 0. The molecule has 6 nitrogen and oxygen atoms in total. The van der Waals surface area contributed by atoms with E-state index in [1.54, 1.807) is 13.2 Å². The van der Waals surface area contributed by atoms with Crippen LogP contribution in [0.2, 0.25) is 0 Å². The Kier molecular flexibility index (Phi) is 5.02. The quantitative estimate of drug-likeness (QED) is 0.737. The molecular formula is C11H16N2O4. The van der Waals surface area contributed by atoms with E-state index >= 15 is 0 Å². The number of methoxy groups -OCH3 is 3. The van der Waals surface area contributed by atoms with Crippen LogP contribution in [-0.2, 0) is 20.8 Å². The lowest BCUT2D eigenvalue weighted by Gasteiger charge is -2.17. The van der Waals surface area contributed by atoms with Crippen LogP contribution in [0.4, 0.5) is 0 Å². The molecule has 1 heterocycles. The number of carbonyl (C=O) groups excluding carboxylic acids is 1. The lowest BCUT2D eigenvalue weighted by molar-refractivity contribution is -0.107. The van der Waals surface area contributed by atoms with E-state index in [9.17, 15) is 4.79 Å². The van der Waals surface area contributed by atoms with Crippen molar-refractivity contribution in [1.29, 1.82) is 0 Å². The molecule has 0 saturated carbocycles. The van der Waals surface area contributed by atoms with Crippen molar-refractivity contribution in [1.82, 2.24) is 4.98 Å². The van der Waals surface area contributed by atoms with Crippen molar-refractivity contribution in [2.45, 2.75) is 12.9 Å². The van der Waals surface area contributed by atoms with Crippen molar-refractivity contribution in [3.8, 4) is 0 Å². The topological polar surface area (TPSA) is 83.7 Å². The molecule has 1 aromatic rings. The van der Waals surface area contributed by atoms with Gasteiger partial charge < -0.3 is 19.9 Å². The van der Waals surface area contributed by atoms with E-state index in [0.29, 0.717) is 12.2 Å². The fourth-order valence-corrected chi connectivity index (χ4v) is 1.49. The maximum absolute atomic E-state index is 11.0. The Morgan fingerprint density at radius 3 is 2.53 bits per heavy atom. The summed E-state index contributed by atoms with van der Waals surface area (Å²) in [4.78, 5) is 15.0. The minimum atomic E-state index is -0.583. The first-order valence-electron chi connectivity index (χ1n) is 4.97.